The predicted octanol–water partition coefficient (Wildman–Crippen LogP) is 6.21. The minimum absolute atomic E-state index is 0.227. The summed E-state index contributed by atoms with van der Waals surface area (Å²) in [6.07, 6.45) is -1.37. The third-order valence-electron chi connectivity index (χ3n) is 6.55. The summed E-state index contributed by atoms with van der Waals surface area (Å²) >= 11 is 7.01. The maximum Gasteiger partial charge on any atom is 0.412 e. The first-order chi connectivity index (χ1) is 18.2. The molecular formula is C29H36ClFN4O3. The van der Waals surface area contributed by atoms with Crippen LogP contribution in [-0.4, -0.2) is 52.7 Å². The van der Waals surface area contributed by atoms with Crippen LogP contribution in [-0.2, 0) is 16.0 Å². The van der Waals surface area contributed by atoms with E-state index in [0.29, 0.717) is 36.2 Å². The van der Waals surface area contributed by atoms with Gasteiger partial charge in [0.15, 0.2) is 0 Å². The Labute approximate surface area is 228 Å². The van der Waals surface area contributed by atoms with Crippen molar-refractivity contribution in [3.05, 3.63) is 77.2 Å². The lowest BCUT2D eigenvalue weighted by Crippen LogP contribution is -2.47. The molecule has 2 heterocycles. The van der Waals surface area contributed by atoms with Gasteiger partial charge >= 0.3 is 6.09 Å². The molecule has 0 bridgehead atoms. The molecule has 0 unspecified atom stereocenters. The molecule has 7 nitrogen and oxygen atoms in total. The van der Waals surface area contributed by atoms with E-state index in [1.54, 1.807) is 0 Å². The van der Waals surface area contributed by atoms with Gasteiger partial charge in [-0.1, -0.05) is 93.0 Å². The summed E-state index contributed by atoms with van der Waals surface area (Å²) < 4.78 is 28.0. The molecule has 0 spiro atoms. The number of ether oxygens (including phenoxy) is 2. The third-order valence-corrected chi connectivity index (χ3v) is 6.93. The molecule has 0 radical (unpaired) electrons. The third kappa shape index (κ3) is 6.54. The van der Waals surface area contributed by atoms with Crippen LogP contribution < -0.4 is 5.73 Å². The van der Waals surface area contributed by atoms with E-state index in [9.17, 15) is 9.18 Å². The molecule has 1 aliphatic rings. The number of imidazole rings is 1. The number of carbonyl (C=O) groups is 1. The number of carbonyl (C=O) groups excluding carboxylic acids is 1. The van der Waals surface area contributed by atoms with Gasteiger partial charge in [-0.2, -0.15) is 0 Å². The zero-order valence-corrected chi connectivity index (χ0v) is 22.9. The minimum Gasteiger partial charge on any atom is -0.419 e. The van der Waals surface area contributed by atoms with Crippen molar-refractivity contribution in [3.8, 4) is 11.3 Å². The summed E-state index contributed by atoms with van der Waals surface area (Å²) in [5.41, 5.74) is 7.53. The van der Waals surface area contributed by atoms with Gasteiger partial charge in [0.1, 0.15) is 22.8 Å². The zero-order chi connectivity index (χ0) is 27.3. The first-order valence-corrected chi connectivity index (χ1v) is 13.3. The molecule has 9 heteroatoms. The highest BCUT2D eigenvalue weighted by Crippen LogP contribution is 2.42. The molecule has 1 aliphatic heterocycles. The lowest BCUT2D eigenvalue weighted by molar-refractivity contribution is -0.0868. The van der Waals surface area contributed by atoms with E-state index < -0.39 is 30.0 Å². The summed E-state index contributed by atoms with van der Waals surface area (Å²) in [5.74, 6) is 0.540. The number of hydrogen-bond acceptors (Lipinski definition) is 5. The molecule has 1 amide bonds. The first kappa shape index (κ1) is 28.1. The molecule has 3 atom stereocenters. The molecule has 2 aromatic carbocycles. The summed E-state index contributed by atoms with van der Waals surface area (Å²) in [4.78, 5) is 20.0. The van der Waals surface area contributed by atoms with Crippen molar-refractivity contribution in [3.63, 3.8) is 0 Å². The molecule has 1 saturated heterocycles. The molecule has 1 aromatic heterocycles. The summed E-state index contributed by atoms with van der Waals surface area (Å²) in [5, 5.41) is 0.437. The van der Waals surface area contributed by atoms with Crippen molar-refractivity contribution in [1.82, 2.24) is 14.5 Å². The van der Waals surface area contributed by atoms with E-state index in [1.807, 2.05) is 86.0 Å². The number of aromatic nitrogens is 2. The number of amides is 1. The number of alkyl halides is 1. The van der Waals surface area contributed by atoms with Gasteiger partial charge in [0.25, 0.3) is 0 Å². The van der Waals surface area contributed by atoms with Crippen LogP contribution in [0.5, 0.6) is 0 Å². The van der Waals surface area contributed by atoms with Gasteiger partial charge in [0.05, 0.1) is 25.7 Å². The zero-order valence-electron chi connectivity index (χ0n) is 22.1. The number of nitrogens with zero attached hydrogens (tertiary/aromatic N) is 3. The molecule has 1 fully saturated rings. The summed E-state index contributed by atoms with van der Waals surface area (Å²) in [7, 11) is 0. The van der Waals surface area contributed by atoms with Crippen LogP contribution in [0.25, 0.3) is 11.3 Å². The van der Waals surface area contributed by atoms with Crippen molar-refractivity contribution in [2.24, 2.45) is 11.1 Å². The Kier molecular flexibility index (Phi) is 9.07. The van der Waals surface area contributed by atoms with Gasteiger partial charge in [0, 0.05) is 18.5 Å². The molecule has 3 aromatic rings. The maximum atomic E-state index is 14.9. The van der Waals surface area contributed by atoms with Gasteiger partial charge in [0.2, 0.25) is 6.29 Å². The van der Waals surface area contributed by atoms with Crippen molar-refractivity contribution in [2.45, 2.75) is 58.7 Å². The molecular weight excluding hydrogens is 507 g/mol. The van der Waals surface area contributed by atoms with Gasteiger partial charge < -0.3 is 19.8 Å². The quantitative estimate of drug-likeness (QED) is 0.347. The fraction of sp³-hybridized carbons (Fsp3) is 0.448. The van der Waals surface area contributed by atoms with E-state index in [4.69, 9.17) is 31.8 Å². The number of rotatable bonds is 9. The Morgan fingerprint density at radius 3 is 2.45 bits per heavy atom. The molecule has 4 rings (SSSR count). The fourth-order valence-corrected chi connectivity index (χ4v) is 5.04. The van der Waals surface area contributed by atoms with Crippen molar-refractivity contribution in [1.29, 1.82) is 0 Å². The molecule has 38 heavy (non-hydrogen) atoms. The second-order valence-electron chi connectivity index (χ2n) is 10.6. The van der Waals surface area contributed by atoms with E-state index in [1.165, 1.54) is 4.90 Å². The van der Waals surface area contributed by atoms with Crippen LogP contribution in [0.3, 0.4) is 0 Å². The Bertz CT molecular complexity index is 1190. The molecule has 0 aliphatic carbocycles. The largest absolute Gasteiger partial charge is 0.419 e. The van der Waals surface area contributed by atoms with Crippen LogP contribution in [0.2, 0.25) is 5.15 Å². The average Bonchev–Trinajstić information content (AvgIpc) is 3.52. The second-order valence-corrected chi connectivity index (χ2v) is 11.0. The molecule has 2 N–H and O–H groups in total. The monoisotopic (exact) mass is 542 g/mol. The number of hydrogen-bond donors (Lipinski definition) is 1. The fourth-order valence-electron chi connectivity index (χ4n) is 4.74. The first-order valence-electron chi connectivity index (χ1n) is 13.0. The van der Waals surface area contributed by atoms with Crippen molar-refractivity contribution < 1.29 is 18.7 Å². The highest BCUT2D eigenvalue weighted by molar-refractivity contribution is 6.32. The number of halogens is 2. The van der Waals surface area contributed by atoms with Gasteiger partial charge in [-0.05, 0) is 17.4 Å². The van der Waals surface area contributed by atoms with Crippen LogP contribution >= 0.6 is 11.6 Å². The van der Waals surface area contributed by atoms with E-state index in [0.717, 1.165) is 17.5 Å². The van der Waals surface area contributed by atoms with Gasteiger partial charge in [-0.3, -0.25) is 4.90 Å². The lowest BCUT2D eigenvalue weighted by Gasteiger charge is -2.40. The molecule has 0 saturated carbocycles. The lowest BCUT2D eigenvalue weighted by atomic mass is 9.84. The number of benzene rings is 2. The normalized spacial score (nSPS) is 17.3. The standard InChI is InChI=1S/C29H36ClFN4O3/c1-29(2,3)25(34(19-22(31)17-32)28(36)38-23-15-10-16-37-23)27-33-24(21-13-8-5-9-14-21)26(30)35(27)18-20-11-6-4-7-12-20/h4-9,11-14,22-23,25H,10,15-19,32H2,1-3H3/t22-,23+,25+/m1/s1. The van der Waals surface area contributed by atoms with Crippen LogP contribution in [0, 0.1) is 5.41 Å². The SMILES string of the molecule is CC(C)(C)[C@H](c1nc(-c2ccccc2)c(Cl)n1Cc1ccccc1)N(C[C@H](F)CN)C(=O)O[C@H]1CCCO1. The average molecular weight is 543 g/mol. The van der Waals surface area contributed by atoms with Gasteiger partial charge in [-0.15, -0.1) is 0 Å². The minimum atomic E-state index is -1.45. The van der Waals surface area contributed by atoms with Crippen LogP contribution in [0.4, 0.5) is 9.18 Å². The Hall–Kier alpha value is -2.94. The van der Waals surface area contributed by atoms with E-state index in [-0.39, 0.29) is 13.1 Å². The van der Waals surface area contributed by atoms with E-state index >= 15 is 0 Å². The van der Waals surface area contributed by atoms with Crippen LogP contribution in [0.1, 0.15) is 51.0 Å². The maximum absolute atomic E-state index is 14.9. The van der Waals surface area contributed by atoms with Crippen molar-refractivity contribution in [2.75, 3.05) is 19.7 Å². The van der Waals surface area contributed by atoms with E-state index in [2.05, 4.69) is 0 Å². The van der Waals surface area contributed by atoms with Crippen molar-refractivity contribution >= 4 is 17.7 Å². The van der Waals surface area contributed by atoms with Crippen LogP contribution in [0.15, 0.2) is 60.7 Å². The number of nitrogens with two attached hydrogens (primary N) is 1. The predicted molar refractivity (Wildman–Crippen MR) is 147 cm³/mol. The second kappa shape index (κ2) is 12.3. The Balaban J connectivity index is 1.85. The highest BCUT2D eigenvalue weighted by atomic mass is 35.5. The molecule has 204 valence electrons. The summed E-state index contributed by atoms with van der Waals surface area (Å²) in [6.45, 7) is 6.42. The smallest absolute Gasteiger partial charge is 0.412 e. The Morgan fingerprint density at radius 1 is 1.21 bits per heavy atom. The highest BCUT2D eigenvalue weighted by Gasteiger charge is 2.41. The Morgan fingerprint density at radius 2 is 1.87 bits per heavy atom. The van der Waals surface area contributed by atoms with Gasteiger partial charge in [-0.25, -0.2) is 14.2 Å². The summed E-state index contributed by atoms with van der Waals surface area (Å²) in [6, 6.07) is 18.8. The topological polar surface area (TPSA) is 82.6 Å².